The first-order chi connectivity index (χ1) is 18.8. The lowest BCUT2D eigenvalue weighted by atomic mass is 9.98. The highest BCUT2D eigenvalue weighted by atomic mass is 16.5. The van der Waals surface area contributed by atoms with Crippen LogP contribution in [0.3, 0.4) is 0 Å². The standard InChI is InChI=1S/C31H25N5O2/c32-18-26-12-13-27(17-29(26)31-16-25-8-4-5-9-30(25)38-31)36(35-21-33-34-22-35)19-23-10-14-28(15-11-23)37-20-24-6-2-1-3-7-24/h1-17,21-22,25,30H,19-20H2. The molecule has 0 radical (unpaired) electrons. The molecular formula is C31H25N5O2. The maximum absolute atomic E-state index is 9.82. The number of aromatic nitrogens is 3. The second-order valence-corrected chi connectivity index (χ2v) is 9.12. The molecule has 2 aliphatic rings. The summed E-state index contributed by atoms with van der Waals surface area (Å²) in [6.07, 6.45) is 13.5. The first kappa shape index (κ1) is 23.3. The largest absolute Gasteiger partial charge is 0.489 e. The Labute approximate surface area is 221 Å². The van der Waals surface area contributed by atoms with Gasteiger partial charge >= 0.3 is 0 Å². The highest BCUT2D eigenvalue weighted by Gasteiger charge is 2.28. The van der Waals surface area contributed by atoms with Crippen LogP contribution in [0, 0.1) is 17.2 Å². The molecular weight excluding hydrogens is 474 g/mol. The van der Waals surface area contributed by atoms with Gasteiger partial charge in [-0.25, -0.2) is 4.68 Å². The summed E-state index contributed by atoms with van der Waals surface area (Å²) >= 11 is 0. The average Bonchev–Trinajstić information content (AvgIpc) is 3.66. The molecule has 2 atom stereocenters. The Hall–Kier alpha value is -5.09. The van der Waals surface area contributed by atoms with Gasteiger partial charge in [-0.05, 0) is 53.6 Å². The van der Waals surface area contributed by atoms with E-state index in [1.807, 2.05) is 101 Å². The van der Waals surface area contributed by atoms with Crippen LogP contribution in [-0.4, -0.2) is 21.0 Å². The lowest BCUT2D eigenvalue weighted by molar-refractivity contribution is 0.213. The van der Waals surface area contributed by atoms with Gasteiger partial charge in [-0.1, -0.05) is 60.7 Å². The SMILES string of the molecule is N#Cc1ccc(N(Cc2ccc(OCc3ccccc3)cc2)n2cnnc2)cc1C1=CC2C=CC=CC2O1. The molecule has 3 aromatic carbocycles. The second kappa shape index (κ2) is 10.5. The zero-order valence-electron chi connectivity index (χ0n) is 20.6. The van der Waals surface area contributed by atoms with Gasteiger partial charge in [0.1, 0.15) is 36.9 Å². The Kier molecular flexibility index (Phi) is 6.44. The molecule has 0 amide bonds. The number of nitrogens with zero attached hydrogens (tertiary/aromatic N) is 5. The third-order valence-corrected chi connectivity index (χ3v) is 6.61. The van der Waals surface area contributed by atoms with Crippen molar-refractivity contribution in [3.05, 3.63) is 138 Å². The summed E-state index contributed by atoms with van der Waals surface area (Å²) < 4.78 is 14.0. The van der Waals surface area contributed by atoms with Crippen molar-refractivity contribution in [2.45, 2.75) is 19.3 Å². The number of anilines is 1. The molecule has 186 valence electrons. The van der Waals surface area contributed by atoms with Crippen molar-refractivity contribution in [3.63, 3.8) is 0 Å². The predicted molar refractivity (Wildman–Crippen MR) is 145 cm³/mol. The van der Waals surface area contributed by atoms with E-state index in [1.165, 1.54) is 0 Å². The molecule has 4 aromatic rings. The Morgan fingerprint density at radius 3 is 2.47 bits per heavy atom. The van der Waals surface area contributed by atoms with E-state index in [0.29, 0.717) is 18.7 Å². The Morgan fingerprint density at radius 1 is 0.921 bits per heavy atom. The van der Waals surface area contributed by atoms with Gasteiger partial charge in [0.2, 0.25) is 0 Å². The van der Waals surface area contributed by atoms with Crippen molar-refractivity contribution in [1.29, 1.82) is 5.26 Å². The number of nitriles is 1. The van der Waals surface area contributed by atoms with E-state index >= 15 is 0 Å². The Balaban J connectivity index is 1.25. The van der Waals surface area contributed by atoms with Gasteiger partial charge in [0.25, 0.3) is 0 Å². The van der Waals surface area contributed by atoms with Crippen molar-refractivity contribution >= 4 is 11.4 Å². The van der Waals surface area contributed by atoms with Gasteiger partial charge in [-0.2, -0.15) is 5.26 Å². The van der Waals surface area contributed by atoms with Crippen molar-refractivity contribution in [2.24, 2.45) is 5.92 Å². The minimum absolute atomic E-state index is 0.0400. The molecule has 0 spiro atoms. The predicted octanol–water partition coefficient (Wildman–Crippen LogP) is 5.68. The molecule has 6 rings (SSSR count). The van der Waals surface area contributed by atoms with E-state index in [4.69, 9.17) is 9.47 Å². The number of rotatable bonds is 8. The molecule has 2 unspecified atom stereocenters. The van der Waals surface area contributed by atoms with E-state index in [0.717, 1.165) is 33.9 Å². The second-order valence-electron chi connectivity index (χ2n) is 9.12. The third kappa shape index (κ3) is 4.93. The molecule has 1 aromatic heterocycles. The van der Waals surface area contributed by atoms with Gasteiger partial charge in [0.15, 0.2) is 0 Å². The van der Waals surface area contributed by atoms with Crippen LogP contribution in [0.1, 0.15) is 22.3 Å². The number of ether oxygens (including phenoxy) is 2. The summed E-state index contributed by atoms with van der Waals surface area (Å²) in [5.74, 6) is 1.70. The monoisotopic (exact) mass is 499 g/mol. The topological polar surface area (TPSA) is 76.2 Å². The van der Waals surface area contributed by atoms with Crippen molar-refractivity contribution in [2.75, 3.05) is 5.01 Å². The molecule has 7 heteroatoms. The van der Waals surface area contributed by atoms with Crippen LogP contribution in [-0.2, 0) is 17.9 Å². The summed E-state index contributed by atoms with van der Waals surface area (Å²) in [7, 11) is 0. The third-order valence-electron chi connectivity index (χ3n) is 6.61. The number of allylic oxidation sites excluding steroid dienone is 2. The summed E-state index contributed by atoms with van der Waals surface area (Å²) in [5, 5.41) is 19.9. The Bertz CT molecular complexity index is 1530. The van der Waals surface area contributed by atoms with Gasteiger partial charge in [-0.3, -0.25) is 5.01 Å². The first-order valence-electron chi connectivity index (χ1n) is 12.4. The lowest BCUT2D eigenvalue weighted by Crippen LogP contribution is -2.28. The molecule has 0 fully saturated rings. The average molecular weight is 500 g/mol. The highest BCUT2D eigenvalue weighted by Crippen LogP contribution is 2.36. The molecule has 0 saturated heterocycles. The van der Waals surface area contributed by atoms with Crippen molar-refractivity contribution in [1.82, 2.24) is 14.9 Å². The molecule has 7 nitrogen and oxygen atoms in total. The van der Waals surface area contributed by atoms with Crippen LogP contribution in [0.5, 0.6) is 5.75 Å². The molecule has 0 saturated carbocycles. The fourth-order valence-corrected chi connectivity index (χ4v) is 4.61. The van der Waals surface area contributed by atoms with E-state index in [9.17, 15) is 5.26 Å². The van der Waals surface area contributed by atoms with Crippen LogP contribution in [0.2, 0.25) is 0 Å². The van der Waals surface area contributed by atoms with E-state index in [1.54, 1.807) is 12.7 Å². The van der Waals surface area contributed by atoms with E-state index in [-0.39, 0.29) is 12.0 Å². The summed E-state index contributed by atoms with van der Waals surface area (Å²) in [6.45, 7) is 1.07. The van der Waals surface area contributed by atoms with E-state index < -0.39 is 0 Å². The molecule has 1 aliphatic heterocycles. The number of fused-ring (bicyclic) bond motifs is 1. The maximum atomic E-state index is 9.82. The minimum Gasteiger partial charge on any atom is -0.489 e. The fourth-order valence-electron chi connectivity index (χ4n) is 4.61. The van der Waals surface area contributed by atoms with Crippen LogP contribution >= 0.6 is 0 Å². The molecule has 2 heterocycles. The fraction of sp³-hybridized carbons (Fsp3) is 0.129. The highest BCUT2D eigenvalue weighted by molar-refractivity contribution is 5.72. The quantitative estimate of drug-likeness (QED) is 0.310. The summed E-state index contributed by atoms with van der Waals surface area (Å²) in [4.78, 5) is 0. The molecule has 0 bridgehead atoms. The van der Waals surface area contributed by atoms with Crippen molar-refractivity contribution in [3.8, 4) is 11.8 Å². The molecule has 38 heavy (non-hydrogen) atoms. The van der Waals surface area contributed by atoms with Crippen LogP contribution in [0.25, 0.3) is 5.76 Å². The van der Waals surface area contributed by atoms with Gasteiger partial charge in [-0.15, -0.1) is 10.2 Å². The number of hydrogen-bond acceptors (Lipinski definition) is 6. The minimum atomic E-state index is -0.0400. The smallest absolute Gasteiger partial charge is 0.139 e. The van der Waals surface area contributed by atoms with E-state index in [2.05, 4.69) is 28.4 Å². The van der Waals surface area contributed by atoms with Gasteiger partial charge in [0.05, 0.1) is 23.9 Å². The van der Waals surface area contributed by atoms with Gasteiger partial charge < -0.3 is 9.47 Å². The van der Waals surface area contributed by atoms with Crippen LogP contribution < -0.4 is 9.75 Å². The zero-order valence-corrected chi connectivity index (χ0v) is 20.6. The van der Waals surface area contributed by atoms with Crippen LogP contribution in [0.4, 0.5) is 5.69 Å². The molecule has 1 aliphatic carbocycles. The summed E-state index contributed by atoms with van der Waals surface area (Å²) in [5.41, 5.74) is 4.42. The van der Waals surface area contributed by atoms with Crippen molar-refractivity contribution < 1.29 is 9.47 Å². The molecule has 0 N–H and O–H groups in total. The van der Waals surface area contributed by atoms with Gasteiger partial charge in [0, 0.05) is 11.5 Å². The number of benzene rings is 3. The zero-order chi connectivity index (χ0) is 25.7. The van der Waals surface area contributed by atoms with Crippen LogP contribution in [0.15, 0.2) is 116 Å². The normalized spacial score (nSPS) is 17.3. The lowest BCUT2D eigenvalue weighted by Gasteiger charge is -2.26. The summed E-state index contributed by atoms with van der Waals surface area (Å²) in [6, 6.07) is 26.2. The maximum Gasteiger partial charge on any atom is 0.139 e. The Morgan fingerprint density at radius 2 is 1.71 bits per heavy atom. The first-order valence-corrected chi connectivity index (χ1v) is 12.4. The number of hydrogen-bond donors (Lipinski definition) is 0.